The molecule has 0 aromatic carbocycles. The molecule has 92 valence electrons. The van der Waals surface area contributed by atoms with Crippen molar-refractivity contribution < 1.29 is 4.42 Å². The van der Waals surface area contributed by atoms with E-state index < -0.39 is 0 Å². The molecule has 3 heterocycles. The van der Waals surface area contributed by atoms with Gasteiger partial charge in [0.05, 0.1) is 17.8 Å². The van der Waals surface area contributed by atoms with E-state index in [0.717, 1.165) is 22.5 Å². The van der Waals surface area contributed by atoms with Gasteiger partial charge < -0.3 is 9.40 Å². The van der Waals surface area contributed by atoms with Crippen molar-refractivity contribution in [1.29, 1.82) is 0 Å². The number of hydrogen-bond acceptors (Lipinski definition) is 3. The molecule has 3 aromatic heterocycles. The van der Waals surface area contributed by atoms with Gasteiger partial charge in [0.15, 0.2) is 10.4 Å². The molecular formula is C13H13N3OS. The summed E-state index contributed by atoms with van der Waals surface area (Å²) in [5.74, 6) is 0.870. The lowest BCUT2D eigenvalue weighted by Gasteiger charge is -2.11. The SMILES string of the molecule is Cc1cnc2c(c1)[nH]c(=S)n2C(C)c1ccco1. The molecule has 4 nitrogen and oxygen atoms in total. The molecule has 0 aliphatic heterocycles. The summed E-state index contributed by atoms with van der Waals surface area (Å²) in [5, 5.41) is 0. The summed E-state index contributed by atoms with van der Waals surface area (Å²) >= 11 is 5.37. The van der Waals surface area contributed by atoms with E-state index in [-0.39, 0.29) is 6.04 Å². The summed E-state index contributed by atoms with van der Waals surface area (Å²) in [6.45, 7) is 4.06. The Morgan fingerprint density at radius 1 is 1.50 bits per heavy atom. The summed E-state index contributed by atoms with van der Waals surface area (Å²) in [6.07, 6.45) is 3.51. The van der Waals surface area contributed by atoms with Crippen molar-refractivity contribution in [3.8, 4) is 0 Å². The first-order valence-corrected chi connectivity index (χ1v) is 6.18. The molecule has 1 unspecified atom stereocenters. The van der Waals surface area contributed by atoms with Gasteiger partial charge in [0.25, 0.3) is 0 Å². The molecule has 0 spiro atoms. The number of aryl methyl sites for hydroxylation is 1. The lowest BCUT2D eigenvalue weighted by atomic mass is 10.2. The molecule has 1 N–H and O–H groups in total. The van der Waals surface area contributed by atoms with Crippen LogP contribution in [0.1, 0.15) is 24.3 Å². The number of pyridine rings is 1. The van der Waals surface area contributed by atoms with Gasteiger partial charge in [-0.3, -0.25) is 4.57 Å². The predicted molar refractivity (Wildman–Crippen MR) is 72.2 cm³/mol. The lowest BCUT2D eigenvalue weighted by molar-refractivity contribution is 0.448. The van der Waals surface area contributed by atoms with Crippen molar-refractivity contribution in [3.05, 3.63) is 46.8 Å². The zero-order chi connectivity index (χ0) is 12.7. The number of aromatic nitrogens is 3. The van der Waals surface area contributed by atoms with E-state index in [2.05, 4.69) is 9.97 Å². The Kier molecular flexibility index (Phi) is 2.56. The summed E-state index contributed by atoms with van der Waals surface area (Å²) in [5.41, 5.74) is 2.92. The Morgan fingerprint density at radius 2 is 2.33 bits per heavy atom. The molecule has 0 radical (unpaired) electrons. The van der Waals surface area contributed by atoms with Gasteiger partial charge in [0.2, 0.25) is 0 Å². The maximum absolute atomic E-state index is 5.44. The summed E-state index contributed by atoms with van der Waals surface area (Å²) in [6, 6.07) is 5.89. The molecule has 3 rings (SSSR count). The Morgan fingerprint density at radius 3 is 3.06 bits per heavy atom. The van der Waals surface area contributed by atoms with Crippen LogP contribution in [-0.2, 0) is 0 Å². The highest BCUT2D eigenvalue weighted by Gasteiger charge is 2.15. The van der Waals surface area contributed by atoms with Gasteiger partial charge in [-0.2, -0.15) is 0 Å². The zero-order valence-electron chi connectivity index (χ0n) is 10.2. The van der Waals surface area contributed by atoms with Gasteiger partial charge >= 0.3 is 0 Å². The van der Waals surface area contributed by atoms with Gasteiger partial charge in [-0.25, -0.2) is 4.98 Å². The number of nitrogens with one attached hydrogen (secondary N) is 1. The smallest absolute Gasteiger partial charge is 0.179 e. The minimum absolute atomic E-state index is 0.0245. The van der Waals surface area contributed by atoms with E-state index in [4.69, 9.17) is 16.6 Å². The number of imidazole rings is 1. The predicted octanol–water partition coefficient (Wildman–Crippen LogP) is 3.60. The Balaban J connectivity index is 2.23. The normalized spacial score (nSPS) is 13.0. The van der Waals surface area contributed by atoms with E-state index in [1.807, 2.05) is 42.8 Å². The third-order valence-electron chi connectivity index (χ3n) is 3.03. The van der Waals surface area contributed by atoms with Crippen molar-refractivity contribution in [1.82, 2.24) is 14.5 Å². The number of furan rings is 1. The van der Waals surface area contributed by atoms with Gasteiger partial charge in [0, 0.05) is 6.20 Å². The third kappa shape index (κ3) is 1.67. The van der Waals surface area contributed by atoms with Crippen LogP contribution in [0.2, 0.25) is 0 Å². The Bertz CT molecular complexity index is 739. The minimum atomic E-state index is 0.0245. The van der Waals surface area contributed by atoms with Crippen LogP contribution in [0.25, 0.3) is 11.2 Å². The summed E-state index contributed by atoms with van der Waals surface area (Å²) in [4.78, 5) is 7.64. The molecular weight excluding hydrogens is 246 g/mol. The zero-order valence-corrected chi connectivity index (χ0v) is 11.0. The van der Waals surface area contributed by atoms with E-state index in [9.17, 15) is 0 Å². The maximum atomic E-state index is 5.44. The van der Waals surface area contributed by atoms with Crippen LogP contribution in [0.4, 0.5) is 0 Å². The molecule has 18 heavy (non-hydrogen) atoms. The molecule has 0 aliphatic rings. The van der Waals surface area contributed by atoms with Gasteiger partial charge in [-0.15, -0.1) is 0 Å². The molecule has 0 amide bonds. The van der Waals surface area contributed by atoms with Gasteiger partial charge in [-0.05, 0) is 49.8 Å². The second-order valence-corrected chi connectivity index (χ2v) is 4.76. The fourth-order valence-electron chi connectivity index (χ4n) is 2.13. The minimum Gasteiger partial charge on any atom is -0.467 e. The number of H-pyrrole nitrogens is 1. The third-order valence-corrected chi connectivity index (χ3v) is 3.33. The van der Waals surface area contributed by atoms with Crippen molar-refractivity contribution in [3.63, 3.8) is 0 Å². The fraction of sp³-hybridized carbons (Fsp3) is 0.231. The second kappa shape index (κ2) is 4.10. The average Bonchev–Trinajstić information content (AvgIpc) is 2.94. The Labute approximate surface area is 109 Å². The van der Waals surface area contributed by atoms with Crippen LogP contribution in [0.3, 0.4) is 0 Å². The van der Waals surface area contributed by atoms with Crippen LogP contribution >= 0.6 is 12.2 Å². The number of hydrogen-bond donors (Lipinski definition) is 1. The summed E-state index contributed by atoms with van der Waals surface area (Å²) < 4.78 is 8.07. The molecule has 1 atom stereocenters. The monoisotopic (exact) mass is 259 g/mol. The number of aromatic amines is 1. The number of rotatable bonds is 2. The molecule has 3 aromatic rings. The van der Waals surface area contributed by atoms with E-state index >= 15 is 0 Å². The van der Waals surface area contributed by atoms with E-state index in [1.165, 1.54) is 0 Å². The standard InChI is InChI=1S/C13H13N3OS/c1-8-6-10-12(14-7-8)16(13(18)15-10)9(2)11-4-3-5-17-11/h3-7,9H,1-2H3,(H,15,18). The molecule has 0 fully saturated rings. The van der Waals surface area contributed by atoms with Crippen LogP contribution in [0.15, 0.2) is 35.1 Å². The second-order valence-electron chi connectivity index (χ2n) is 4.38. The van der Waals surface area contributed by atoms with Gasteiger partial charge in [0.1, 0.15) is 5.76 Å². The largest absolute Gasteiger partial charge is 0.467 e. The molecule has 0 bridgehead atoms. The summed E-state index contributed by atoms with van der Waals surface area (Å²) in [7, 11) is 0. The molecule has 0 saturated carbocycles. The lowest BCUT2D eigenvalue weighted by Crippen LogP contribution is -2.06. The average molecular weight is 259 g/mol. The quantitative estimate of drug-likeness (QED) is 0.715. The molecule has 0 saturated heterocycles. The highest BCUT2D eigenvalue weighted by molar-refractivity contribution is 7.71. The van der Waals surface area contributed by atoms with Crippen molar-refractivity contribution in [2.45, 2.75) is 19.9 Å². The van der Waals surface area contributed by atoms with Crippen LogP contribution in [0, 0.1) is 11.7 Å². The Hall–Kier alpha value is -1.88. The molecule has 5 heteroatoms. The van der Waals surface area contributed by atoms with Crippen molar-refractivity contribution in [2.24, 2.45) is 0 Å². The van der Waals surface area contributed by atoms with Crippen LogP contribution in [0.5, 0.6) is 0 Å². The number of nitrogens with zero attached hydrogens (tertiary/aromatic N) is 2. The molecule has 0 aliphatic carbocycles. The maximum Gasteiger partial charge on any atom is 0.179 e. The van der Waals surface area contributed by atoms with Crippen LogP contribution < -0.4 is 0 Å². The fourth-order valence-corrected chi connectivity index (χ4v) is 2.49. The highest BCUT2D eigenvalue weighted by Crippen LogP contribution is 2.23. The van der Waals surface area contributed by atoms with Crippen molar-refractivity contribution in [2.75, 3.05) is 0 Å². The van der Waals surface area contributed by atoms with E-state index in [0.29, 0.717) is 4.77 Å². The first-order valence-electron chi connectivity index (χ1n) is 5.77. The van der Waals surface area contributed by atoms with Gasteiger partial charge in [-0.1, -0.05) is 0 Å². The highest BCUT2D eigenvalue weighted by atomic mass is 32.1. The first kappa shape index (κ1) is 11.2. The van der Waals surface area contributed by atoms with Crippen LogP contribution in [-0.4, -0.2) is 14.5 Å². The first-order chi connectivity index (χ1) is 8.66. The van der Waals surface area contributed by atoms with E-state index in [1.54, 1.807) is 6.26 Å². The van der Waals surface area contributed by atoms with Crippen molar-refractivity contribution >= 4 is 23.4 Å². The number of fused-ring (bicyclic) bond motifs is 1. The topological polar surface area (TPSA) is 46.8 Å².